The minimum atomic E-state index is -1.26. The van der Waals surface area contributed by atoms with Gasteiger partial charge in [-0.1, -0.05) is 0 Å². The van der Waals surface area contributed by atoms with Gasteiger partial charge in [-0.2, -0.15) is 0 Å². The maximum atomic E-state index is 15.1. The van der Waals surface area contributed by atoms with E-state index in [1.165, 1.54) is 12.3 Å². The highest BCUT2D eigenvalue weighted by atomic mass is 19.1. The van der Waals surface area contributed by atoms with E-state index < -0.39 is 17.2 Å². The molecule has 0 unspecified atom stereocenters. The molecule has 0 radical (unpaired) electrons. The molecular weight excluding hydrogens is 337 g/mol. The SMILES string of the molecule is O=C(O)c1cn(C2CC2)c2c3c(c(F)cc2c1=O)N1CCC[C@H]1CNC3. The van der Waals surface area contributed by atoms with Gasteiger partial charge in [-0.15, -0.1) is 0 Å². The van der Waals surface area contributed by atoms with Gasteiger partial charge in [-0.3, -0.25) is 4.79 Å². The minimum absolute atomic E-state index is 0.174. The lowest BCUT2D eigenvalue weighted by molar-refractivity contribution is 0.0695. The number of benzene rings is 1. The van der Waals surface area contributed by atoms with Crippen LogP contribution in [0.3, 0.4) is 0 Å². The Hall–Kier alpha value is -2.41. The molecule has 1 aliphatic carbocycles. The van der Waals surface area contributed by atoms with Crippen molar-refractivity contribution in [2.45, 2.75) is 44.3 Å². The predicted molar refractivity (Wildman–Crippen MR) is 95.5 cm³/mol. The van der Waals surface area contributed by atoms with Crippen molar-refractivity contribution in [3.05, 3.63) is 39.4 Å². The first-order valence-electron chi connectivity index (χ1n) is 9.17. The summed E-state index contributed by atoms with van der Waals surface area (Å²) >= 11 is 0. The molecule has 1 atom stereocenters. The summed E-state index contributed by atoms with van der Waals surface area (Å²) in [7, 11) is 0. The van der Waals surface area contributed by atoms with Crippen LogP contribution in [-0.2, 0) is 6.54 Å². The zero-order valence-electron chi connectivity index (χ0n) is 14.3. The summed E-state index contributed by atoms with van der Waals surface area (Å²) in [6.45, 7) is 2.08. The third-order valence-electron chi connectivity index (χ3n) is 5.86. The summed E-state index contributed by atoms with van der Waals surface area (Å²) in [4.78, 5) is 26.4. The van der Waals surface area contributed by atoms with Gasteiger partial charge in [-0.05, 0) is 31.7 Å². The molecule has 1 aromatic heterocycles. The first-order chi connectivity index (χ1) is 12.6. The number of halogens is 1. The van der Waals surface area contributed by atoms with Gasteiger partial charge in [0.15, 0.2) is 0 Å². The molecule has 3 heterocycles. The summed E-state index contributed by atoms with van der Waals surface area (Å²) in [5.74, 6) is -1.69. The molecule has 2 fully saturated rings. The topological polar surface area (TPSA) is 74.6 Å². The highest BCUT2D eigenvalue weighted by molar-refractivity contribution is 5.95. The van der Waals surface area contributed by atoms with Crippen LogP contribution in [0.25, 0.3) is 10.9 Å². The number of anilines is 1. The second kappa shape index (κ2) is 5.54. The molecule has 1 saturated carbocycles. The number of carbonyl (C=O) groups is 1. The average molecular weight is 357 g/mol. The van der Waals surface area contributed by atoms with Gasteiger partial charge in [0.2, 0.25) is 5.43 Å². The highest BCUT2D eigenvalue weighted by Crippen LogP contribution is 2.42. The number of fused-ring (bicyclic) bond motifs is 5. The molecule has 2 N–H and O–H groups in total. The van der Waals surface area contributed by atoms with E-state index in [9.17, 15) is 14.7 Å². The molecule has 7 heteroatoms. The summed E-state index contributed by atoms with van der Waals surface area (Å²) in [6, 6.07) is 1.70. The largest absolute Gasteiger partial charge is 0.477 e. The van der Waals surface area contributed by atoms with Crippen LogP contribution in [0, 0.1) is 5.82 Å². The van der Waals surface area contributed by atoms with Crippen LogP contribution in [0.2, 0.25) is 0 Å². The highest BCUT2D eigenvalue weighted by Gasteiger charge is 2.34. The summed E-state index contributed by atoms with van der Waals surface area (Å²) in [6.07, 6.45) is 5.40. The van der Waals surface area contributed by atoms with Crippen LogP contribution in [-0.4, -0.2) is 34.8 Å². The lowest BCUT2D eigenvalue weighted by atomic mass is 10.0. The molecule has 1 aromatic carbocycles. The third kappa shape index (κ3) is 2.19. The number of nitrogens with zero attached hydrogens (tertiary/aromatic N) is 2. The van der Waals surface area contributed by atoms with Crippen molar-refractivity contribution in [1.82, 2.24) is 9.88 Å². The fourth-order valence-corrected chi connectivity index (χ4v) is 4.53. The molecule has 2 aromatic rings. The molecule has 0 spiro atoms. The van der Waals surface area contributed by atoms with E-state index in [1.807, 2.05) is 4.57 Å². The number of carboxylic acid groups (broad SMARTS) is 1. The number of pyridine rings is 1. The monoisotopic (exact) mass is 357 g/mol. The van der Waals surface area contributed by atoms with E-state index in [4.69, 9.17) is 0 Å². The Labute approximate surface area is 149 Å². The van der Waals surface area contributed by atoms with Crippen molar-refractivity contribution in [3.63, 3.8) is 0 Å². The van der Waals surface area contributed by atoms with Crippen LogP contribution in [0.5, 0.6) is 0 Å². The molecule has 5 rings (SSSR count). The Morgan fingerprint density at radius 3 is 2.81 bits per heavy atom. The Morgan fingerprint density at radius 1 is 1.27 bits per heavy atom. The summed E-state index contributed by atoms with van der Waals surface area (Å²) in [5.41, 5.74) is 1.17. The minimum Gasteiger partial charge on any atom is -0.477 e. The Morgan fingerprint density at radius 2 is 2.08 bits per heavy atom. The van der Waals surface area contributed by atoms with Crippen LogP contribution >= 0.6 is 0 Å². The maximum Gasteiger partial charge on any atom is 0.341 e. The number of hydrogen-bond acceptors (Lipinski definition) is 4. The van der Waals surface area contributed by atoms with Crippen molar-refractivity contribution in [2.75, 3.05) is 18.0 Å². The molecule has 0 bridgehead atoms. The van der Waals surface area contributed by atoms with Crippen molar-refractivity contribution in [3.8, 4) is 0 Å². The zero-order chi connectivity index (χ0) is 18.0. The van der Waals surface area contributed by atoms with E-state index in [0.717, 1.165) is 44.3 Å². The Balaban J connectivity index is 1.88. The third-order valence-corrected chi connectivity index (χ3v) is 5.86. The fraction of sp³-hybridized carbons (Fsp3) is 0.474. The van der Waals surface area contributed by atoms with Gasteiger partial charge >= 0.3 is 5.97 Å². The molecule has 2 aliphatic heterocycles. The fourth-order valence-electron chi connectivity index (χ4n) is 4.53. The smallest absolute Gasteiger partial charge is 0.341 e. The van der Waals surface area contributed by atoms with Gasteiger partial charge < -0.3 is 19.9 Å². The number of aromatic nitrogens is 1. The second-order valence-corrected chi connectivity index (χ2v) is 7.52. The van der Waals surface area contributed by atoms with E-state index in [-0.39, 0.29) is 23.0 Å². The summed E-state index contributed by atoms with van der Waals surface area (Å²) < 4.78 is 17.0. The lowest BCUT2D eigenvalue weighted by Crippen LogP contribution is -2.35. The molecule has 1 saturated heterocycles. The quantitative estimate of drug-likeness (QED) is 0.862. The van der Waals surface area contributed by atoms with Gasteiger partial charge in [0, 0.05) is 48.9 Å². The standard InChI is InChI=1S/C19H20FN3O3/c20-15-6-12-16(13-8-21-7-11-2-1-5-22(11)17(13)15)23(10-3-4-10)9-14(18(12)24)19(25)26/h6,9-11,21H,1-5,7-8H2,(H,25,26)/t11-/m0/s1. The number of rotatable bonds is 2. The zero-order valence-corrected chi connectivity index (χ0v) is 14.3. The molecule has 3 aliphatic rings. The van der Waals surface area contributed by atoms with Crippen LogP contribution < -0.4 is 15.6 Å². The Kier molecular flexibility index (Phi) is 3.37. The number of nitrogens with one attached hydrogen (secondary N) is 1. The van der Waals surface area contributed by atoms with Crippen LogP contribution in [0.15, 0.2) is 17.1 Å². The van der Waals surface area contributed by atoms with Crippen molar-refractivity contribution < 1.29 is 14.3 Å². The maximum absolute atomic E-state index is 15.1. The lowest BCUT2D eigenvalue weighted by Gasteiger charge is -2.27. The molecule has 26 heavy (non-hydrogen) atoms. The van der Waals surface area contributed by atoms with Crippen molar-refractivity contribution >= 4 is 22.6 Å². The van der Waals surface area contributed by atoms with Gasteiger partial charge in [0.25, 0.3) is 0 Å². The normalized spacial score (nSPS) is 22.2. The van der Waals surface area contributed by atoms with Crippen LogP contribution in [0.1, 0.15) is 47.6 Å². The van der Waals surface area contributed by atoms with E-state index in [1.54, 1.807) is 0 Å². The van der Waals surface area contributed by atoms with Crippen molar-refractivity contribution in [2.24, 2.45) is 0 Å². The molecular formula is C19H20FN3O3. The number of hydrogen-bond donors (Lipinski definition) is 2. The van der Waals surface area contributed by atoms with Gasteiger partial charge in [-0.25, -0.2) is 9.18 Å². The molecule has 6 nitrogen and oxygen atoms in total. The van der Waals surface area contributed by atoms with E-state index >= 15 is 4.39 Å². The van der Waals surface area contributed by atoms with Crippen LogP contribution in [0.4, 0.5) is 10.1 Å². The molecule has 136 valence electrons. The number of carboxylic acids is 1. The van der Waals surface area contributed by atoms with Gasteiger partial charge in [0.05, 0.1) is 11.2 Å². The van der Waals surface area contributed by atoms with Gasteiger partial charge in [0.1, 0.15) is 11.4 Å². The summed E-state index contributed by atoms with van der Waals surface area (Å²) in [5, 5.41) is 13.0. The van der Waals surface area contributed by atoms with E-state index in [0.29, 0.717) is 17.7 Å². The average Bonchev–Trinajstić information content (AvgIpc) is 3.38. The Bertz CT molecular complexity index is 996. The first-order valence-corrected chi connectivity index (χ1v) is 9.17. The van der Waals surface area contributed by atoms with E-state index in [2.05, 4.69) is 10.2 Å². The molecule has 0 amide bonds. The second-order valence-electron chi connectivity index (χ2n) is 7.52. The predicted octanol–water partition coefficient (Wildman–Crippen LogP) is 2.25. The number of aromatic carboxylic acids is 1. The first kappa shape index (κ1) is 15.8. The van der Waals surface area contributed by atoms with Crippen molar-refractivity contribution in [1.29, 1.82) is 0 Å².